The van der Waals surface area contributed by atoms with Gasteiger partial charge in [0.25, 0.3) is 0 Å². The number of halogens is 2. The fourth-order valence-corrected chi connectivity index (χ4v) is 3.32. The maximum absolute atomic E-state index is 12.5. The van der Waals surface area contributed by atoms with Crippen LogP contribution in [0, 0.1) is 0 Å². The van der Waals surface area contributed by atoms with Crippen molar-refractivity contribution < 1.29 is 4.79 Å². The molecule has 1 nitrogen and oxygen atoms in total. The Labute approximate surface area is 119 Å². The Kier molecular flexibility index (Phi) is 3.00. The normalized spacial score (nSPS) is 17.9. The summed E-state index contributed by atoms with van der Waals surface area (Å²) in [4.78, 5) is 12.7. The Morgan fingerprint density at radius 3 is 2.72 bits per heavy atom. The van der Waals surface area contributed by atoms with Gasteiger partial charge < -0.3 is 0 Å². The Morgan fingerprint density at radius 1 is 1.11 bits per heavy atom. The van der Waals surface area contributed by atoms with Gasteiger partial charge in [0, 0.05) is 21.0 Å². The van der Waals surface area contributed by atoms with Crippen LogP contribution in [0.15, 0.2) is 42.5 Å². The molecule has 0 heterocycles. The number of benzene rings is 2. The van der Waals surface area contributed by atoms with Gasteiger partial charge in [-0.05, 0) is 35.7 Å². The average molecular weight is 322 g/mol. The van der Waals surface area contributed by atoms with Gasteiger partial charge in [0.05, 0.1) is 0 Å². The van der Waals surface area contributed by atoms with Gasteiger partial charge in [-0.2, -0.15) is 0 Å². The summed E-state index contributed by atoms with van der Waals surface area (Å²) in [6.45, 7) is 0. The molecule has 0 saturated carbocycles. The second-order valence-corrected chi connectivity index (χ2v) is 5.93. The second kappa shape index (κ2) is 4.52. The molecule has 2 aromatic rings. The molecule has 0 bridgehead atoms. The molecule has 0 amide bonds. The van der Waals surface area contributed by atoms with E-state index >= 15 is 0 Å². The van der Waals surface area contributed by atoms with Gasteiger partial charge in [-0.3, -0.25) is 4.79 Å². The van der Waals surface area contributed by atoms with Crippen molar-refractivity contribution in [1.29, 1.82) is 0 Å². The lowest BCUT2D eigenvalue weighted by Crippen LogP contribution is -2.03. The van der Waals surface area contributed by atoms with E-state index in [2.05, 4.69) is 15.9 Å². The third-order valence-electron chi connectivity index (χ3n) is 3.25. The number of ketones is 1. The van der Waals surface area contributed by atoms with Gasteiger partial charge in [0.2, 0.25) is 0 Å². The molecular formula is C15H10BrClO. The monoisotopic (exact) mass is 320 g/mol. The predicted molar refractivity (Wildman–Crippen MR) is 76.7 cm³/mol. The van der Waals surface area contributed by atoms with Crippen LogP contribution in [0.3, 0.4) is 0 Å². The van der Waals surface area contributed by atoms with Crippen LogP contribution in [0.25, 0.3) is 0 Å². The lowest BCUT2D eigenvalue weighted by atomic mass is 9.99. The zero-order valence-corrected chi connectivity index (χ0v) is 11.8. The molecule has 3 rings (SSSR count). The summed E-state index contributed by atoms with van der Waals surface area (Å²) >= 11 is 9.67. The van der Waals surface area contributed by atoms with E-state index in [1.807, 2.05) is 36.4 Å². The van der Waals surface area contributed by atoms with E-state index in [1.54, 1.807) is 6.07 Å². The number of rotatable bonds is 0. The molecule has 90 valence electrons. The maximum Gasteiger partial charge on any atom is 0.193 e. The van der Waals surface area contributed by atoms with Crippen molar-refractivity contribution in [3.8, 4) is 0 Å². The smallest absolute Gasteiger partial charge is 0.193 e. The number of carbonyl (C=O) groups is 1. The molecule has 0 fully saturated rings. The molecule has 3 heteroatoms. The van der Waals surface area contributed by atoms with Crippen LogP contribution in [0.5, 0.6) is 0 Å². The van der Waals surface area contributed by atoms with Crippen molar-refractivity contribution in [2.24, 2.45) is 0 Å². The summed E-state index contributed by atoms with van der Waals surface area (Å²) in [6.07, 6.45) is 0.776. The second-order valence-electron chi connectivity index (χ2n) is 4.39. The molecule has 2 aromatic carbocycles. The quantitative estimate of drug-likeness (QED) is 0.650. The number of hydrogen-bond acceptors (Lipinski definition) is 1. The first-order valence-corrected chi connectivity index (χ1v) is 7.02. The zero-order chi connectivity index (χ0) is 12.7. The van der Waals surface area contributed by atoms with Crippen molar-refractivity contribution in [2.75, 3.05) is 0 Å². The van der Waals surface area contributed by atoms with E-state index in [4.69, 9.17) is 11.6 Å². The van der Waals surface area contributed by atoms with E-state index in [-0.39, 0.29) is 10.6 Å². The molecule has 0 saturated heterocycles. The average Bonchev–Trinajstić information content (AvgIpc) is 2.47. The van der Waals surface area contributed by atoms with Crippen LogP contribution >= 0.6 is 27.5 Å². The van der Waals surface area contributed by atoms with Gasteiger partial charge in [-0.25, -0.2) is 0 Å². The standard InChI is InChI=1S/C15H10BrClO/c16-14-8-9-7-10(17)5-6-11(9)15(18)13-4-2-1-3-12(13)14/h1-7,14H,8H2. The molecule has 0 aliphatic heterocycles. The molecular weight excluding hydrogens is 312 g/mol. The molecule has 0 N–H and O–H groups in total. The largest absolute Gasteiger partial charge is 0.289 e. The van der Waals surface area contributed by atoms with Gasteiger partial charge in [0.1, 0.15) is 0 Å². The Bertz CT molecular complexity index is 636. The fourth-order valence-electron chi connectivity index (χ4n) is 2.38. The zero-order valence-electron chi connectivity index (χ0n) is 9.49. The van der Waals surface area contributed by atoms with Crippen LogP contribution in [-0.4, -0.2) is 5.78 Å². The Morgan fingerprint density at radius 2 is 1.89 bits per heavy atom. The van der Waals surface area contributed by atoms with Gasteiger partial charge in [-0.15, -0.1) is 0 Å². The summed E-state index contributed by atoms with van der Waals surface area (Å²) in [5, 5.41) is 0.673. The van der Waals surface area contributed by atoms with Crippen molar-refractivity contribution in [3.63, 3.8) is 0 Å². The third-order valence-corrected chi connectivity index (χ3v) is 4.31. The summed E-state index contributed by atoms with van der Waals surface area (Å²) in [5.41, 5.74) is 3.59. The molecule has 0 spiro atoms. The molecule has 0 aromatic heterocycles. The van der Waals surface area contributed by atoms with Gasteiger partial charge >= 0.3 is 0 Å². The number of alkyl halides is 1. The van der Waals surface area contributed by atoms with Crippen molar-refractivity contribution in [1.82, 2.24) is 0 Å². The lowest BCUT2D eigenvalue weighted by Gasteiger charge is -2.09. The van der Waals surface area contributed by atoms with Crippen LogP contribution < -0.4 is 0 Å². The number of carbonyl (C=O) groups excluding carboxylic acids is 1. The SMILES string of the molecule is O=C1c2ccc(Cl)cc2CC(Br)c2ccccc21. The topological polar surface area (TPSA) is 17.1 Å². The molecule has 1 atom stereocenters. The highest BCUT2D eigenvalue weighted by atomic mass is 79.9. The minimum absolute atomic E-state index is 0.0826. The van der Waals surface area contributed by atoms with Crippen LogP contribution in [0.2, 0.25) is 5.02 Å². The van der Waals surface area contributed by atoms with E-state index in [0.29, 0.717) is 5.02 Å². The number of hydrogen-bond donors (Lipinski definition) is 0. The van der Waals surface area contributed by atoms with Crippen molar-refractivity contribution in [3.05, 3.63) is 69.7 Å². The molecule has 18 heavy (non-hydrogen) atoms. The first kappa shape index (κ1) is 11.9. The fraction of sp³-hybridized carbons (Fsp3) is 0.133. The third kappa shape index (κ3) is 1.90. The van der Waals surface area contributed by atoms with Crippen LogP contribution in [-0.2, 0) is 6.42 Å². The van der Waals surface area contributed by atoms with E-state index in [9.17, 15) is 4.79 Å². The van der Waals surface area contributed by atoms with E-state index in [1.165, 1.54) is 0 Å². The molecule has 1 aliphatic rings. The maximum atomic E-state index is 12.5. The first-order chi connectivity index (χ1) is 8.66. The van der Waals surface area contributed by atoms with Crippen molar-refractivity contribution >= 4 is 33.3 Å². The summed E-state index contributed by atoms with van der Waals surface area (Å²) in [5.74, 6) is 0.0826. The minimum Gasteiger partial charge on any atom is -0.289 e. The minimum atomic E-state index is 0.0826. The summed E-state index contributed by atoms with van der Waals surface area (Å²) in [6, 6.07) is 13.2. The summed E-state index contributed by atoms with van der Waals surface area (Å²) in [7, 11) is 0. The van der Waals surface area contributed by atoms with E-state index < -0.39 is 0 Å². The van der Waals surface area contributed by atoms with Crippen LogP contribution in [0.1, 0.15) is 31.9 Å². The Balaban J connectivity index is 2.25. The van der Waals surface area contributed by atoms with Crippen molar-refractivity contribution in [2.45, 2.75) is 11.2 Å². The summed E-state index contributed by atoms with van der Waals surface area (Å²) < 4.78 is 0. The van der Waals surface area contributed by atoms with Gasteiger partial charge in [-0.1, -0.05) is 51.8 Å². The first-order valence-electron chi connectivity index (χ1n) is 5.73. The predicted octanol–water partition coefficient (Wildman–Crippen LogP) is 4.56. The van der Waals surface area contributed by atoms with E-state index in [0.717, 1.165) is 28.7 Å². The molecule has 1 unspecified atom stereocenters. The molecule has 1 aliphatic carbocycles. The Hall–Kier alpha value is -1.12. The highest BCUT2D eigenvalue weighted by molar-refractivity contribution is 9.09. The number of fused-ring (bicyclic) bond motifs is 2. The lowest BCUT2D eigenvalue weighted by molar-refractivity contribution is 0.103. The molecule has 0 radical (unpaired) electrons. The highest BCUT2D eigenvalue weighted by Crippen LogP contribution is 2.36. The van der Waals surface area contributed by atoms with Gasteiger partial charge in [0.15, 0.2) is 5.78 Å². The van der Waals surface area contributed by atoms with Crippen LogP contribution in [0.4, 0.5) is 0 Å². The highest BCUT2D eigenvalue weighted by Gasteiger charge is 2.25.